The standard InChI is InChI=1S/C6H8O.C2H6.CH5N/c1-2-6-4-3-5(1)7-6;2*1-2/h1-2,5-6H,3-4H2;1-2H3;2H2,1H3. The van der Waals surface area contributed by atoms with Gasteiger partial charge in [-0.2, -0.15) is 0 Å². The normalized spacial score (nSPS) is 30.2. The van der Waals surface area contributed by atoms with Gasteiger partial charge in [-0.25, -0.2) is 0 Å². The van der Waals surface area contributed by atoms with Crippen molar-refractivity contribution in [2.75, 3.05) is 7.05 Å². The van der Waals surface area contributed by atoms with Crippen LogP contribution in [0.1, 0.15) is 26.7 Å². The molecule has 2 N–H and O–H groups in total. The first kappa shape index (κ1) is 10.7. The molecule has 0 spiro atoms. The van der Waals surface area contributed by atoms with Gasteiger partial charge in [-0.05, 0) is 19.9 Å². The van der Waals surface area contributed by atoms with E-state index in [1.165, 1.54) is 19.9 Å². The molecule has 0 aliphatic carbocycles. The molecule has 2 aliphatic heterocycles. The molecule has 2 heteroatoms. The van der Waals surface area contributed by atoms with Crippen LogP contribution in [0.2, 0.25) is 0 Å². The van der Waals surface area contributed by atoms with Gasteiger partial charge < -0.3 is 10.5 Å². The molecule has 2 bridgehead atoms. The molecule has 2 rings (SSSR count). The van der Waals surface area contributed by atoms with Gasteiger partial charge in [0.15, 0.2) is 0 Å². The van der Waals surface area contributed by atoms with Crippen molar-refractivity contribution in [1.29, 1.82) is 0 Å². The third kappa shape index (κ3) is 3.04. The van der Waals surface area contributed by atoms with E-state index in [1.807, 2.05) is 13.8 Å². The molecule has 1 saturated heterocycles. The molecule has 0 aromatic heterocycles. The zero-order valence-corrected chi connectivity index (χ0v) is 7.71. The smallest absolute Gasteiger partial charge is 0.0765 e. The van der Waals surface area contributed by atoms with Crippen molar-refractivity contribution in [2.24, 2.45) is 5.73 Å². The lowest BCUT2D eigenvalue weighted by Gasteiger charge is -1.93. The molecule has 0 aromatic carbocycles. The maximum Gasteiger partial charge on any atom is 0.0765 e. The van der Waals surface area contributed by atoms with E-state index in [0.717, 1.165) is 0 Å². The van der Waals surface area contributed by atoms with Gasteiger partial charge in [0, 0.05) is 0 Å². The van der Waals surface area contributed by atoms with Crippen LogP contribution in [-0.2, 0) is 4.74 Å². The van der Waals surface area contributed by atoms with E-state index in [1.54, 1.807) is 0 Å². The van der Waals surface area contributed by atoms with Crippen LogP contribution in [0.25, 0.3) is 0 Å². The summed E-state index contributed by atoms with van der Waals surface area (Å²) in [5.41, 5.74) is 4.50. The van der Waals surface area contributed by atoms with E-state index in [-0.39, 0.29) is 0 Å². The van der Waals surface area contributed by atoms with E-state index in [0.29, 0.717) is 12.2 Å². The molecular formula is C9H19NO. The van der Waals surface area contributed by atoms with Crippen LogP contribution >= 0.6 is 0 Å². The van der Waals surface area contributed by atoms with Crippen molar-refractivity contribution in [3.63, 3.8) is 0 Å². The summed E-state index contributed by atoms with van der Waals surface area (Å²) in [4.78, 5) is 0. The monoisotopic (exact) mass is 157 g/mol. The number of fused-ring (bicyclic) bond motifs is 2. The SMILES string of the molecule is C1=CC2CCC1O2.CC.CN. The average molecular weight is 157 g/mol. The number of nitrogens with two attached hydrogens (primary N) is 1. The Hall–Kier alpha value is -0.340. The second-order valence-corrected chi connectivity index (χ2v) is 2.18. The van der Waals surface area contributed by atoms with Gasteiger partial charge in [-0.15, -0.1) is 0 Å². The fourth-order valence-corrected chi connectivity index (χ4v) is 1.22. The van der Waals surface area contributed by atoms with Crippen molar-refractivity contribution >= 4 is 0 Å². The Morgan fingerprint density at radius 3 is 1.55 bits per heavy atom. The topological polar surface area (TPSA) is 35.2 Å². The Morgan fingerprint density at radius 1 is 1.09 bits per heavy atom. The molecule has 2 nitrogen and oxygen atoms in total. The Kier molecular flexibility index (Phi) is 6.18. The summed E-state index contributed by atoms with van der Waals surface area (Å²) in [6, 6.07) is 0. The summed E-state index contributed by atoms with van der Waals surface area (Å²) < 4.78 is 5.36. The second-order valence-electron chi connectivity index (χ2n) is 2.18. The minimum atomic E-state index is 0.491. The molecule has 11 heavy (non-hydrogen) atoms. The lowest BCUT2D eigenvalue weighted by molar-refractivity contribution is 0.120. The molecule has 0 amide bonds. The summed E-state index contributed by atoms with van der Waals surface area (Å²) in [6.45, 7) is 4.00. The second kappa shape index (κ2) is 6.38. The van der Waals surface area contributed by atoms with Crippen LogP contribution in [0.5, 0.6) is 0 Å². The number of hydrogen-bond acceptors (Lipinski definition) is 2. The largest absolute Gasteiger partial charge is 0.367 e. The number of ether oxygens (including phenoxy) is 1. The lowest BCUT2D eigenvalue weighted by atomic mass is 10.1. The van der Waals surface area contributed by atoms with Gasteiger partial charge in [0.1, 0.15) is 0 Å². The third-order valence-electron chi connectivity index (χ3n) is 1.63. The van der Waals surface area contributed by atoms with E-state index >= 15 is 0 Å². The van der Waals surface area contributed by atoms with Crippen molar-refractivity contribution in [3.8, 4) is 0 Å². The van der Waals surface area contributed by atoms with E-state index in [4.69, 9.17) is 4.74 Å². The molecule has 0 radical (unpaired) electrons. The summed E-state index contributed by atoms with van der Waals surface area (Å²) >= 11 is 0. The highest BCUT2D eigenvalue weighted by atomic mass is 16.5. The highest BCUT2D eigenvalue weighted by Crippen LogP contribution is 2.27. The maximum atomic E-state index is 5.36. The van der Waals surface area contributed by atoms with Gasteiger partial charge >= 0.3 is 0 Å². The molecule has 2 aliphatic rings. The van der Waals surface area contributed by atoms with Crippen LogP contribution in [0.4, 0.5) is 0 Å². The summed E-state index contributed by atoms with van der Waals surface area (Å²) in [5, 5.41) is 0. The van der Waals surface area contributed by atoms with Crippen LogP contribution in [0.3, 0.4) is 0 Å². The van der Waals surface area contributed by atoms with E-state index in [9.17, 15) is 0 Å². The highest BCUT2D eigenvalue weighted by molar-refractivity contribution is 5.07. The average Bonchev–Trinajstić information content (AvgIpc) is 2.74. The molecule has 2 heterocycles. The minimum absolute atomic E-state index is 0.491. The zero-order valence-electron chi connectivity index (χ0n) is 7.71. The first-order valence-corrected chi connectivity index (χ1v) is 4.37. The fraction of sp³-hybridized carbons (Fsp3) is 0.778. The lowest BCUT2D eigenvalue weighted by Crippen LogP contribution is -1.95. The fourth-order valence-electron chi connectivity index (χ4n) is 1.22. The predicted octanol–water partition coefficient (Wildman–Crippen LogP) is 1.70. The van der Waals surface area contributed by atoms with Crippen LogP contribution < -0.4 is 5.73 Å². The highest BCUT2D eigenvalue weighted by Gasteiger charge is 2.25. The van der Waals surface area contributed by atoms with Crippen molar-refractivity contribution in [3.05, 3.63) is 12.2 Å². The van der Waals surface area contributed by atoms with Gasteiger partial charge in [0.2, 0.25) is 0 Å². The van der Waals surface area contributed by atoms with Gasteiger partial charge in [-0.3, -0.25) is 0 Å². The Morgan fingerprint density at radius 2 is 1.45 bits per heavy atom. The van der Waals surface area contributed by atoms with Gasteiger partial charge in [0.05, 0.1) is 12.2 Å². The van der Waals surface area contributed by atoms with Crippen LogP contribution in [-0.4, -0.2) is 19.3 Å². The van der Waals surface area contributed by atoms with Crippen molar-refractivity contribution < 1.29 is 4.74 Å². The molecule has 1 fully saturated rings. The summed E-state index contributed by atoms with van der Waals surface area (Å²) in [7, 11) is 1.50. The molecular weight excluding hydrogens is 138 g/mol. The number of hydrogen-bond donors (Lipinski definition) is 1. The van der Waals surface area contributed by atoms with E-state index in [2.05, 4.69) is 17.9 Å². The zero-order chi connectivity index (χ0) is 8.69. The minimum Gasteiger partial charge on any atom is -0.367 e. The van der Waals surface area contributed by atoms with Crippen LogP contribution in [0.15, 0.2) is 12.2 Å². The van der Waals surface area contributed by atoms with Crippen LogP contribution in [0, 0.1) is 0 Å². The summed E-state index contributed by atoms with van der Waals surface area (Å²) in [5.74, 6) is 0. The molecule has 66 valence electrons. The molecule has 2 unspecified atom stereocenters. The molecule has 0 aromatic rings. The summed E-state index contributed by atoms with van der Waals surface area (Å²) in [6.07, 6.45) is 7.81. The van der Waals surface area contributed by atoms with Gasteiger partial charge in [0.25, 0.3) is 0 Å². The Labute approximate surface area is 69.4 Å². The first-order chi connectivity index (χ1) is 5.45. The Bertz CT molecular complexity index is 100. The molecule has 0 saturated carbocycles. The van der Waals surface area contributed by atoms with E-state index < -0.39 is 0 Å². The predicted molar refractivity (Wildman–Crippen MR) is 48.5 cm³/mol. The Balaban J connectivity index is 0.000000222. The maximum absolute atomic E-state index is 5.36. The third-order valence-corrected chi connectivity index (χ3v) is 1.63. The van der Waals surface area contributed by atoms with Crippen molar-refractivity contribution in [2.45, 2.75) is 38.9 Å². The quantitative estimate of drug-likeness (QED) is 0.543. The molecule has 2 atom stereocenters. The first-order valence-electron chi connectivity index (χ1n) is 4.37. The van der Waals surface area contributed by atoms with Gasteiger partial charge in [-0.1, -0.05) is 26.0 Å². The van der Waals surface area contributed by atoms with Crippen molar-refractivity contribution in [1.82, 2.24) is 0 Å². The number of rotatable bonds is 0.